The van der Waals surface area contributed by atoms with Gasteiger partial charge in [-0.3, -0.25) is 4.79 Å². The van der Waals surface area contributed by atoms with Gasteiger partial charge in [0.2, 0.25) is 0 Å². The van der Waals surface area contributed by atoms with Crippen molar-refractivity contribution in [1.29, 1.82) is 0 Å². The van der Waals surface area contributed by atoms with E-state index in [0.29, 0.717) is 5.56 Å². The summed E-state index contributed by atoms with van der Waals surface area (Å²) in [5.74, 6) is -0.114. The van der Waals surface area contributed by atoms with E-state index in [4.69, 9.17) is 0 Å². The zero-order valence-corrected chi connectivity index (χ0v) is 10.1. The number of rotatable bonds is 3. The molecule has 0 unspecified atom stereocenters. The van der Waals surface area contributed by atoms with Gasteiger partial charge in [0, 0.05) is 11.6 Å². The SMILES string of the molecule is O=C(NC1(CO)CCC1)c1cccc2cc[nH]c12. The third-order valence-electron chi connectivity index (χ3n) is 3.82. The molecule has 3 rings (SSSR count). The lowest BCUT2D eigenvalue weighted by atomic mass is 9.77. The van der Waals surface area contributed by atoms with Crippen molar-refractivity contribution >= 4 is 16.8 Å². The molecular weight excluding hydrogens is 228 g/mol. The van der Waals surface area contributed by atoms with Crippen LogP contribution in [0, 0.1) is 0 Å². The lowest BCUT2D eigenvalue weighted by Crippen LogP contribution is -2.56. The van der Waals surface area contributed by atoms with Crippen molar-refractivity contribution < 1.29 is 9.90 Å². The molecule has 0 atom stereocenters. The van der Waals surface area contributed by atoms with Gasteiger partial charge in [-0.15, -0.1) is 0 Å². The summed E-state index contributed by atoms with van der Waals surface area (Å²) >= 11 is 0. The number of aromatic nitrogens is 1. The van der Waals surface area contributed by atoms with E-state index in [1.807, 2.05) is 24.4 Å². The molecule has 94 valence electrons. The lowest BCUT2D eigenvalue weighted by molar-refractivity contribution is 0.0643. The van der Waals surface area contributed by atoms with Crippen LogP contribution in [-0.4, -0.2) is 28.1 Å². The summed E-state index contributed by atoms with van der Waals surface area (Å²) in [6.07, 6.45) is 4.60. The first-order chi connectivity index (χ1) is 8.74. The number of amides is 1. The second-order valence-electron chi connectivity index (χ2n) is 4.99. The molecule has 1 fully saturated rings. The summed E-state index contributed by atoms with van der Waals surface area (Å²) in [4.78, 5) is 15.4. The van der Waals surface area contributed by atoms with Gasteiger partial charge >= 0.3 is 0 Å². The average molecular weight is 244 g/mol. The zero-order chi connectivity index (χ0) is 12.6. The summed E-state index contributed by atoms with van der Waals surface area (Å²) in [5, 5.41) is 13.4. The largest absolute Gasteiger partial charge is 0.394 e. The number of benzene rings is 1. The highest BCUT2D eigenvalue weighted by molar-refractivity contribution is 6.06. The number of nitrogens with one attached hydrogen (secondary N) is 2. The van der Waals surface area contributed by atoms with Crippen molar-refractivity contribution in [1.82, 2.24) is 10.3 Å². The molecule has 0 spiro atoms. The maximum Gasteiger partial charge on any atom is 0.253 e. The predicted octanol–water partition coefficient (Wildman–Crippen LogP) is 1.81. The van der Waals surface area contributed by atoms with E-state index in [0.717, 1.165) is 30.2 Å². The molecule has 4 nitrogen and oxygen atoms in total. The normalized spacial score (nSPS) is 17.4. The fourth-order valence-corrected chi connectivity index (χ4v) is 2.51. The molecule has 0 saturated heterocycles. The van der Waals surface area contributed by atoms with Crippen molar-refractivity contribution in [2.24, 2.45) is 0 Å². The van der Waals surface area contributed by atoms with Crippen LogP contribution in [-0.2, 0) is 0 Å². The molecule has 1 aromatic carbocycles. The summed E-state index contributed by atoms with van der Waals surface area (Å²) in [5.41, 5.74) is 1.09. The number of aromatic amines is 1. The zero-order valence-electron chi connectivity index (χ0n) is 10.1. The standard InChI is InChI=1S/C14H16N2O2/c17-9-14(6-2-7-14)16-13(18)11-4-1-3-10-5-8-15-12(10)11/h1,3-5,8,15,17H,2,6-7,9H2,(H,16,18). The van der Waals surface area contributed by atoms with E-state index in [2.05, 4.69) is 10.3 Å². The Balaban J connectivity index is 1.90. The van der Waals surface area contributed by atoms with Gasteiger partial charge in [0.25, 0.3) is 5.91 Å². The summed E-state index contributed by atoms with van der Waals surface area (Å²) in [6.45, 7) is 0.0133. The Labute approximate surface area is 105 Å². The molecule has 4 heteroatoms. The minimum Gasteiger partial charge on any atom is -0.394 e. The van der Waals surface area contributed by atoms with Crippen molar-refractivity contribution in [3.05, 3.63) is 36.0 Å². The number of hydrogen-bond acceptors (Lipinski definition) is 2. The summed E-state index contributed by atoms with van der Waals surface area (Å²) in [6, 6.07) is 7.58. The minimum absolute atomic E-state index is 0.0133. The maximum absolute atomic E-state index is 12.3. The van der Waals surface area contributed by atoms with E-state index < -0.39 is 5.54 Å². The monoisotopic (exact) mass is 244 g/mol. The van der Waals surface area contributed by atoms with E-state index in [9.17, 15) is 9.90 Å². The fourth-order valence-electron chi connectivity index (χ4n) is 2.51. The Morgan fingerprint density at radius 3 is 2.89 bits per heavy atom. The van der Waals surface area contributed by atoms with Gasteiger partial charge in [0.1, 0.15) is 0 Å². The maximum atomic E-state index is 12.3. The van der Waals surface area contributed by atoms with Gasteiger partial charge in [-0.25, -0.2) is 0 Å². The molecule has 3 N–H and O–H groups in total. The Morgan fingerprint density at radius 1 is 1.39 bits per heavy atom. The number of carbonyl (C=O) groups excluding carboxylic acids is 1. The van der Waals surface area contributed by atoms with Crippen LogP contribution in [0.5, 0.6) is 0 Å². The molecule has 1 aromatic heterocycles. The first-order valence-electron chi connectivity index (χ1n) is 6.24. The van der Waals surface area contributed by atoms with E-state index >= 15 is 0 Å². The number of fused-ring (bicyclic) bond motifs is 1. The van der Waals surface area contributed by atoms with Crippen LogP contribution in [0.3, 0.4) is 0 Å². The Kier molecular flexibility index (Phi) is 2.59. The Hall–Kier alpha value is -1.81. The average Bonchev–Trinajstić information content (AvgIpc) is 2.81. The molecule has 0 bridgehead atoms. The molecule has 2 aromatic rings. The van der Waals surface area contributed by atoms with Crippen molar-refractivity contribution in [2.45, 2.75) is 24.8 Å². The number of aliphatic hydroxyl groups is 1. The summed E-state index contributed by atoms with van der Waals surface area (Å²) in [7, 11) is 0. The van der Waals surface area contributed by atoms with E-state index in [1.54, 1.807) is 6.07 Å². The number of H-pyrrole nitrogens is 1. The van der Waals surface area contributed by atoms with E-state index in [-0.39, 0.29) is 12.5 Å². The van der Waals surface area contributed by atoms with Crippen molar-refractivity contribution in [2.75, 3.05) is 6.61 Å². The Morgan fingerprint density at radius 2 is 2.22 bits per heavy atom. The highest BCUT2D eigenvalue weighted by Crippen LogP contribution is 2.31. The number of carbonyl (C=O) groups is 1. The van der Waals surface area contributed by atoms with Gasteiger partial charge in [-0.1, -0.05) is 12.1 Å². The molecule has 1 amide bonds. The van der Waals surface area contributed by atoms with Gasteiger partial charge < -0.3 is 15.4 Å². The van der Waals surface area contributed by atoms with Crippen LogP contribution in [0.1, 0.15) is 29.6 Å². The second-order valence-corrected chi connectivity index (χ2v) is 4.99. The van der Waals surface area contributed by atoms with Crippen molar-refractivity contribution in [3.63, 3.8) is 0 Å². The smallest absolute Gasteiger partial charge is 0.253 e. The third-order valence-corrected chi connectivity index (χ3v) is 3.82. The fraction of sp³-hybridized carbons (Fsp3) is 0.357. The van der Waals surface area contributed by atoms with Crippen LogP contribution in [0.4, 0.5) is 0 Å². The molecule has 1 saturated carbocycles. The van der Waals surface area contributed by atoms with Gasteiger partial charge in [-0.2, -0.15) is 0 Å². The molecule has 18 heavy (non-hydrogen) atoms. The van der Waals surface area contributed by atoms with Crippen molar-refractivity contribution in [3.8, 4) is 0 Å². The van der Waals surface area contributed by atoms with Crippen LogP contribution >= 0.6 is 0 Å². The topological polar surface area (TPSA) is 65.1 Å². The Bertz CT molecular complexity index is 579. The molecule has 0 radical (unpaired) electrons. The highest BCUT2D eigenvalue weighted by atomic mass is 16.3. The van der Waals surface area contributed by atoms with Crippen LogP contribution in [0.15, 0.2) is 30.5 Å². The molecule has 1 heterocycles. The predicted molar refractivity (Wildman–Crippen MR) is 69.4 cm³/mol. The second kappa shape index (κ2) is 4.14. The molecule has 0 aliphatic heterocycles. The van der Waals surface area contributed by atoms with Crippen LogP contribution < -0.4 is 5.32 Å². The molecule has 1 aliphatic rings. The number of aliphatic hydroxyl groups excluding tert-OH is 1. The highest BCUT2D eigenvalue weighted by Gasteiger charge is 2.38. The minimum atomic E-state index is -0.397. The number of para-hydroxylation sites is 1. The first-order valence-corrected chi connectivity index (χ1v) is 6.24. The van der Waals surface area contributed by atoms with Gasteiger partial charge in [-0.05, 0) is 31.4 Å². The van der Waals surface area contributed by atoms with Crippen LogP contribution in [0.25, 0.3) is 10.9 Å². The first kappa shape index (κ1) is 11.3. The van der Waals surface area contributed by atoms with Gasteiger partial charge in [0.15, 0.2) is 0 Å². The van der Waals surface area contributed by atoms with E-state index in [1.165, 1.54) is 0 Å². The molecular formula is C14H16N2O2. The quantitative estimate of drug-likeness (QED) is 0.771. The third kappa shape index (κ3) is 1.69. The number of hydrogen-bond donors (Lipinski definition) is 3. The van der Waals surface area contributed by atoms with Gasteiger partial charge in [0.05, 0.1) is 23.2 Å². The summed E-state index contributed by atoms with van der Waals surface area (Å²) < 4.78 is 0. The van der Waals surface area contributed by atoms with Crippen LogP contribution in [0.2, 0.25) is 0 Å². The molecule has 1 aliphatic carbocycles. The lowest BCUT2D eigenvalue weighted by Gasteiger charge is -2.40.